The second-order valence-electron chi connectivity index (χ2n) is 2.69. The minimum atomic E-state index is -2.71. The molecule has 1 N–H and O–H groups in total. The summed E-state index contributed by atoms with van der Waals surface area (Å²) in [6.07, 6.45) is -2.71. The molecule has 0 saturated carbocycles. The van der Waals surface area contributed by atoms with Crippen molar-refractivity contribution in [3.05, 3.63) is 17.5 Å². The van der Waals surface area contributed by atoms with Crippen molar-refractivity contribution in [2.75, 3.05) is 14.2 Å². The van der Waals surface area contributed by atoms with Crippen LogP contribution in [0.25, 0.3) is 0 Å². The molecule has 84 valence electrons. The predicted octanol–water partition coefficient (Wildman–Crippen LogP) is 1.53. The molecule has 1 aromatic heterocycles. The zero-order chi connectivity index (χ0) is 11.4. The molecule has 0 bridgehead atoms. The molecule has 1 aromatic rings. The first-order valence-electron chi connectivity index (χ1n) is 4.14. The summed E-state index contributed by atoms with van der Waals surface area (Å²) in [7, 11) is 2.68. The van der Waals surface area contributed by atoms with Crippen molar-refractivity contribution in [2.45, 2.75) is 13.0 Å². The van der Waals surface area contributed by atoms with E-state index in [1.807, 2.05) is 0 Å². The summed E-state index contributed by atoms with van der Waals surface area (Å²) in [6.45, 7) is -0.486. The molecular weight excluding hydrogens is 208 g/mol. The van der Waals surface area contributed by atoms with Crippen LogP contribution in [0.5, 0.6) is 11.5 Å². The lowest BCUT2D eigenvalue weighted by molar-refractivity contribution is 0.144. The van der Waals surface area contributed by atoms with E-state index in [1.54, 1.807) is 0 Å². The van der Waals surface area contributed by atoms with E-state index in [1.165, 1.54) is 14.2 Å². The molecule has 0 fully saturated rings. The van der Waals surface area contributed by atoms with Gasteiger partial charge in [0.15, 0.2) is 11.5 Å². The van der Waals surface area contributed by atoms with Gasteiger partial charge in [0.1, 0.15) is 11.4 Å². The number of hydrogen-bond donors (Lipinski definition) is 1. The maximum absolute atomic E-state index is 12.4. The minimum absolute atomic E-state index is 0.0344. The zero-order valence-electron chi connectivity index (χ0n) is 8.33. The number of methoxy groups -OCH3 is 2. The van der Waals surface area contributed by atoms with Gasteiger partial charge in [0.05, 0.1) is 20.8 Å². The summed E-state index contributed by atoms with van der Waals surface area (Å²) in [5.74, 6) is 0.302. The molecular formula is C9H11F2NO3. The topological polar surface area (TPSA) is 51.6 Å². The Bertz CT molecular complexity index is 319. The number of pyridine rings is 1. The third kappa shape index (κ3) is 2.33. The lowest BCUT2D eigenvalue weighted by Gasteiger charge is -2.12. The SMILES string of the molecule is COc1cc(C(F)F)nc(CO)c1OC. The number of aromatic nitrogens is 1. The molecule has 0 aromatic carbocycles. The summed E-state index contributed by atoms with van der Waals surface area (Å²) in [4.78, 5) is 3.57. The van der Waals surface area contributed by atoms with Crippen LogP contribution in [0, 0.1) is 0 Å². The van der Waals surface area contributed by atoms with Gasteiger partial charge in [-0.2, -0.15) is 0 Å². The second kappa shape index (κ2) is 4.88. The van der Waals surface area contributed by atoms with Crippen LogP contribution in [0.15, 0.2) is 6.07 Å². The van der Waals surface area contributed by atoms with Crippen LogP contribution in [-0.2, 0) is 6.61 Å². The van der Waals surface area contributed by atoms with Gasteiger partial charge in [-0.1, -0.05) is 0 Å². The monoisotopic (exact) mass is 219 g/mol. The van der Waals surface area contributed by atoms with E-state index in [4.69, 9.17) is 14.6 Å². The molecule has 1 rings (SSSR count). The van der Waals surface area contributed by atoms with E-state index >= 15 is 0 Å². The van der Waals surface area contributed by atoms with Gasteiger partial charge < -0.3 is 14.6 Å². The lowest BCUT2D eigenvalue weighted by atomic mass is 10.2. The molecule has 1 heterocycles. The van der Waals surface area contributed by atoms with Crippen molar-refractivity contribution in [1.29, 1.82) is 0 Å². The molecule has 0 unspecified atom stereocenters. The van der Waals surface area contributed by atoms with E-state index in [9.17, 15) is 8.78 Å². The van der Waals surface area contributed by atoms with Gasteiger partial charge in [-0.25, -0.2) is 13.8 Å². The predicted molar refractivity (Wildman–Crippen MR) is 48.2 cm³/mol. The van der Waals surface area contributed by atoms with Gasteiger partial charge in [0, 0.05) is 6.07 Å². The fraction of sp³-hybridized carbons (Fsp3) is 0.444. The Hall–Kier alpha value is -1.43. The van der Waals surface area contributed by atoms with Gasteiger partial charge >= 0.3 is 0 Å². The Balaban J connectivity index is 3.29. The molecule has 0 aliphatic rings. The van der Waals surface area contributed by atoms with Gasteiger partial charge in [0.25, 0.3) is 6.43 Å². The number of halogens is 2. The van der Waals surface area contributed by atoms with Crippen molar-refractivity contribution in [3.63, 3.8) is 0 Å². The van der Waals surface area contributed by atoms with Crippen LogP contribution in [0.2, 0.25) is 0 Å². The standard InChI is InChI=1S/C9H11F2NO3/c1-14-7-3-5(9(10)11)12-6(4-13)8(7)15-2/h3,9,13H,4H2,1-2H3. The number of alkyl halides is 2. The minimum Gasteiger partial charge on any atom is -0.493 e. The van der Waals surface area contributed by atoms with E-state index in [2.05, 4.69) is 4.98 Å². The van der Waals surface area contributed by atoms with Crippen LogP contribution in [0.1, 0.15) is 17.8 Å². The molecule has 0 saturated heterocycles. The largest absolute Gasteiger partial charge is 0.493 e. The Labute approximate surface area is 85.5 Å². The Morgan fingerprint density at radius 2 is 2.07 bits per heavy atom. The highest BCUT2D eigenvalue weighted by atomic mass is 19.3. The number of aliphatic hydroxyl groups excluding tert-OH is 1. The molecule has 0 atom stereocenters. The maximum atomic E-state index is 12.4. The number of rotatable bonds is 4. The van der Waals surface area contributed by atoms with Crippen LogP contribution >= 0.6 is 0 Å². The van der Waals surface area contributed by atoms with Gasteiger partial charge in [0.2, 0.25) is 0 Å². The fourth-order valence-corrected chi connectivity index (χ4v) is 1.17. The highest BCUT2D eigenvalue weighted by molar-refractivity contribution is 5.44. The van der Waals surface area contributed by atoms with Crippen molar-refractivity contribution in [1.82, 2.24) is 4.98 Å². The first-order chi connectivity index (χ1) is 7.13. The van der Waals surface area contributed by atoms with Crippen LogP contribution in [-0.4, -0.2) is 24.3 Å². The van der Waals surface area contributed by atoms with E-state index in [-0.39, 0.29) is 17.2 Å². The van der Waals surface area contributed by atoms with Crippen LogP contribution in [0.4, 0.5) is 8.78 Å². The summed E-state index contributed by atoms with van der Waals surface area (Å²) < 4.78 is 34.6. The fourth-order valence-electron chi connectivity index (χ4n) is 1.17. The van der Waals surface area contributed by atoms with Gasteiger partial charge in [-0.05, 0) is 0 Å². The first-order valence-corrected chi connectivity index (χ1v) is 4.14. The maximum Gasteiger partial charge on any atom is 0.280 e. The quantitative estimate of drug-likeness (QED) is 0.834. The molecule has 0 spiro atoms. The average molecular weight is 219 g/mol. The summed E-state index contributed by atoms with van der Waals surface area (Å²) in [5.41, 5.74) is -0.413. The molecule has 6 heteroatoms. The number of hydrogen-bond acceptors (Lipinski definition) is 4. The van der Waals surface area contributed by atoms with E-state index in [0.717, 1.165) is 6.07 Å². The molecule has 15 heavy (non-hydrogen) atoms. The summed E-state index contributed by atoms with van der Waals surface area (Å²) in [5, 5.41) is 8.93. The second-order valence-corrected chi connectivity index (χ2v) is 2.69. The number of aliphatic hydroxyl groups is 1. The smallest absolute Gasteiger partial charge is 0.280 e. The molecule has 0 aliphatic heterocycles. The van der Waals surface area contributed by atoms with E-state index in [0.29, 0.717) is 0 Å². The van der Waals surface area contributed by atoms with Crippen LogP contribution in [0.3, 0.4) is 0 Å². The van der Waals surface area contributed by atoms with Crippen molar-refractivity contribution in [2.24, 2.45) is 0 Å². The number of nitrogens with zero attached hydrogens (tertiary/aromatic N) is 1. The normalized spacial score (nSPS) is 10.5. The van der Waals surface area contributed by atoms with Gasteiger partial charge in [-0.3, -0.25) is 0 Å². The molecule has 0 amide bonds. The van der Waals surface area contributed by atoms with Crippen molar-refractivity contribution in [3.8, 4) is 11.5 Å². The molecule has 4 nitrogen and oxygen atoms in total. The average Bonchev–Trinajstić information content (AvgIpc) is 2.26. The lowest BCUT2D eigenvalue weighted by Crippen LogP contribution is -2.02. The third-order valence-corrected chi connectivity index (χ3v) is 1.83. The first kappa shape index (κ1) is 11.6. The highest BCUT2D eigenvalue weighted by Crippen LogP contribution is 2.33. The van der Waals surface area contributed by atoms with Crippen molar-refractivity contribution >= 4 is 0 Å². The van der Waals surface area contributed by atoms with Gasteiger partial charge in [-0.15, -0.1) is 0 Å². The zero-order valence-corrected chi connectivity index (χ0v) is 8.33. The Morgan fingerprint density at radius 1 is 1.40 bits per heavy atom. The Kier molecular flexibility index (Phi) is 3.79. The molecule has 0 radical (unpaired) electrons. The van der Waals surface area contributed by atoms with Crippen molar-refractivity contribution < 1.29 is 23.4 Å². The summed E-state index contributed by atoms with van der Waals surface area (Å²) in [6, 6.07) is 1.09. The van der Waals surface area contributed by atoms with E-state index < -0.39 is 18.7 Å². The third-order valence-electron chi connectivity index (χ3n) is 1.83. The molecule has 0 aliphatic carbocycles. The van der Waals surface area contributed by atoms with Crippen LogP contribution < -0.4 is 9.47 Å². The Morgan fingerprint density at radius 3 is 2.47 bits per heavy atom. The highest BCUT2D eigenvalue weighted by Gasteiger charge is 2.18. The summed E-state index contributed by atoms with van der Waals surface area (Å²) >= 11 is 0. The number of ether oxygens (including phenoxy) is 2.